The number of nitrogens with one attached hydrogen (secondary N) is 1. The molecule has 0 saturated carbocycles. The van der Waals surface area contributed by atoms with Gasteiger partial charge in [0, 0.05) is 19.2 Å². The highest BCUT2D eigenvalue weighted by molar-refractivity contribution is 5.94. The van der Waals surface area contributed by atoms with Gasteiger partial charge in [-0.1, -0.05) is 6.92 Å². The molecular weight excluding hydrogens is 223 g/mol. The molecule has 5 heteroatoms. The Morgan fingerprint density at radius 3 is 2.82 bits per heavy atom. The summed E-state index contributed by atoms with van der Waals surface area (Å²) in [5.41, 5.74) is -0.0537. The van der Waals surface area contributed by atoms with Crippen molar-refractivity contribution in [2.75, 3.05) is 26.7 Å². The van der Waals surface area contributed by atoms with Crippen LogP contribution >= 0.6 is 0 Å². The lowest BCUT2D eigenvalue weighted by Crippen LogP contribution is -2.33. The molecule has 0 saturated heterocycles. The van der Waals surface area contributed by atoms with Crippen LogP contribution in [0.15, 0.2) is 18.2 Å². The second-order valence-electron chi connectivity index (χ2n) is 3.82. The fourth-order valence-corrected chi connectivity index (χ4v) is 1.30. The number of carbonyl (C=O) groups excluding carboxylic acids is 1. The van der Waals surface area contributed by atoms with Crippen molar-refractivity contribution in [1.29, 1.82) is 0 Å². The second-order valence-corrected chi connectivity index (χ2v) is 3.82. The van der Waals surface area contributed by atoms with Crippen molar-refractivity contribution in [2.45, 2.75) is 6.92 Å². The van der Waals surface area contributed by atoms with Crippen LogP contribution in [-0.2, 0) is 0 Å². The van der Waals surface area contributed by atoms with Crippen molar-refractivity contribution in [3.63, 3.8) is 0 Å². The summed E-state index contributed by atoms with van der Waals surface area (Å²) in [6, 6.07) is 3.48. The van der Waals surface area contributed by atoms with E-state index in [-0.39, 0.29) is 11.3 Å². The molecule has 0 atom stereocenters. The number of phenols is 1. The monoisotopic (exact) mass is 240 g/mol. The molecule has 4 nitrogen and oxygen atoms in total. The summed E-state index contributed by atoms with van der Waals surface area (Å²) in [7, 11) is 1.94. The highest BCUT2D eigenvalue weighted by Gasteiger charge is 2.11. The highest BCUT2D eigenvalue weighted by atomic mass is 19.1. The minimum atomic E-state index is -0.716. The molecule has 0 heterocycles. The number of halogens is 1. The topological polar surface area (TPSA) is 52.6 Å². The number of rotatable bonds is 5. The average Bonchev–Trinajstić information content (AvgIpc) is 2.28. The second kappa shape index (κ2) is 6.20. The molecule has 0 fully saturated rings. The number of hydrogen-bond acceptors (Lipinski definition) is 3. The fourth-order valence-electron chi connectivity index (χ4n) is 1.30. The van der Waals surface area contributed by atoms with E-state index in [0.29, 0.717) is 13.1 Å². The number of amides is 1. The molecule has 2 N–H and O–H groups in total. The van der Waals surface area contributed by atoms with Crippen molar-refractivity contribution in [2.24, 2.45) is 0 Å². The van der Waals surface area contributed by atoms with Crippen molar-refractivity contribution in [3.8, 4) is 5.75 Å². The van der Waals surface area contributed by atoms with Gasteiger partial charge in [-0.3, -0.25) is 4.79 Å². The molecule has 0 radical (unpaired) electrons. The Morgan fingerprint density at radius 2 is 2.24 bits per heavy atom. The lowest BCUT2D eigenvalue weighted by atomic mass is 10.2. The van der Waals surface area contributed by atoms with Gasteiger partial charge in [0.25, 0.3) is 5.91 Å². The first-order chi connectivity index (χ1) is 8.04. The van der Waals surface area contributed by atoms with E-state index in [1.807, 2.05) is 18.9 Å². The first kappa shape index (κ1) is 13.4. The largest absolute Gasteiger partial charge is 0.508 e. The summed E-state index contributed by atoms with van der Waals surface area (Å²) >= 11 is 0. The van der Waals surface area contributed by atoms with Gasteiger partial charge in [-0.05, 0) is 25.7 Å². The Kier molecular flexibility index (Phi) is 4.90. The van der Waals surface area contributed by atoms with E-state index >= 15 is 0 Å². The van der Waals surface area contributed by atoms with Crippen molar-refractivity contribution >= 4 is 5.91 Å². The quantitative estimate of drug-likeness (QED) is 0.813. The Hall–Kier alpha value is -1.62. The van der Waals surface area contributed by atoms with Gasteiger partial charge in [-0.25, -0.2) is 4.39 Å². The molecule has 94 valence electrons. The summed E-state index contributed by atoms with van der Waals surface area (Å²) in [6.45, 7) is 4.08. The fraction of sp³-hybridized carbons (Fsp3) is 0.417. The zero-order valence-corrected chi connectivity index (χ0v) is 10.0. The predicted molar refractivity (Wildman–Crippen MR) is 63.6 cm³/mol. The molecule has 0 unspecified atom stereocenters. The lowest BCUT2D eigenvalue weighted by molar-refractivity contribution is 0.0946. The number of likely N-dealkylation sites (N-methyl/N-ethyl adjacent to an activating group) is 1. The van der Waals surface area contributed by atoms with E-state index in [4.69, 9.17) is 5.11 Å². The highest BCUT2D eigenvalue weighted by Crippen LogP contribution is 2.14. The van der Waals surface area contributed by atoms with E-state index in [0.717, 1.165) is 12.6 Å². The summed E-state index contributed by atoms with van der Waals surface area (Å²) in [5.74, 6) is -1.37. The van der Waals surface area contributed by atoms with Gasteiger partial charge < -0.3 is 15.3 Å². The van der Waals surface area contributed by atoms with E-state index in [1.54, 1.807) is 0 Å². The van der Waals surface area contributed by atoms with Crippen LogP contribution in [0.3, 0.4) is 0 Å². The van der Waals surface area contributed by atoms with E-state index < -0.39 is 11.7 Å². The molecule has 0 spiro atoms. The molecular formula is C12H17FN2O2. The van der Waals surface area contributed by atoms with Gasteiger partial charge in [0.1, 0.15) is 11.6 Å². The molecule has 1 amide bonds. The summed E-state index contributed by atoms with van der Waals surface area (Å²) in [6.07, 6.45) is 0. The predicted octanol–water partition coefficient (Wildman–Crippen LogP) is 1.21. The molecule has 1 aromatic carbocycles. The van der Waals surface area contributed by atoms with Crippen LogP contribution in [0, 0.1) is 5.82 Å². The van der Waals surface area contributed by atoms with Gasteiger partial charge >= 0.3 is 0 Å². The maximum absolute atomic E-state index is 13.3. The standard InChI is InChI=1S/C12H17FN2O2/c1-3-15(2)7-6-14-12(17)10-5-4-9(16)8-11(10)13/h4-5,8,16H,3,6-7H2,1-2H3,(H,14,17). The number of hydrogen-bond donors (Lipinski definition) is 2. The molecule has 0 aromatic heterocycles. The van der Waals surface area contributed by atoms with Crippen molar-refractivity contribution in [3.05, 3.63) is 29.6 Å². The summed E-state index contributed by atoms with van der Waals surface area (Å²) in [5, 5.41) is 11.6. The van der Waals surface area contributed by atoms with E-state index in [9.17, 15) is 9.18 Å². The van der Waals surface area contributed by atoms with Crippen LogP contribution < -0.4 is 5.32 Å². The van der Waals surface area contributed by atoms with Gasteiger partial charge in [0.15, 0.2) is 0 Å². The average molecular weight is 240 g/mol. The molecule has 17 heavy (non-hydrogen) atoms. The zero-order chi connectivity index (χ0) is 12.8. The molecule has 0 aliphatic carbocycles. The van der Waals surface area contributed by atoms with Gasteiger partial charge in [0.2, 0.25) is 0 Å². The van der Waals surface area contributed by atoms with Crippen LogP contribution in [0.1, 0.15) is 17.3 Å². The smallest absolute Gasteiger partial charge is 0.254 e. The third-order valence-electron chi connectivity index (χ3n) is 2.52. The molecule has 0 bridgehead atoms. The van der Waals surface area contributed by atoms with Crippen molar-refractivity contribution in [1.82, 2.24) is 10.2 Å². The van der Waals surface area contributed by atoms with Crippen LogP contribution in [0.2, 0.25) is 0 Å². The minimum Gasteiger partial charge on any atom is -0.508 e. The molecule has 1 rings (SSSR count). The first-order valence-corrected chi connectivity index (χ1v) is 5.50. The summed E-state index contributed by atoms with van der Waals surface area (Å²) in [4.78, 5) is 13.6. The Labute approximate surface area is 100 Å². The molecule has 0 aliphatic heterocycles. The van der Waals surface area contributed by atoms with Gasteiger partial charge in [-0.15, -0.1) is 0 Å². The maximum atomic E-state index is 13.3. The normalized spacial score (nSPS) is 10.6. The van der Waals surface area contributed by atoms with Crippen molar-refractivity contribution < 1.29 is 14.3 Å². The number of nitrogens with zero attached hydrogens (tertiary/aromatic N) is 1. The summed E-state index contributed by atoms with van der Waals surface area (Å²) < 4.78 is 13.3. The van der Waals surface area contributed by atoms with E-state index in [1.165, 1.54) is 12.1 Å². The first-order valence-electron chi connectivity index (χ1n) is 5.50. The molecule has 0 aliphatic rings. The molecule has 1 aromatic rings. The third-order valence-corrected chi connectivity index (χ3v) is 2.52. The Balaban J connectivity index is 2.52. The number of aromatic hydroxyl groups is 1. The maximum Gasteiger partial charge on any atom is 0.254 e. The van der Waals surface area contributed by atoms with Gasteiger partial charge in [-0.2, -0.15) is 0 Å². The lowest BCUT2D eigenvalue weighted by Gasteiger charge is -2.14. The Morgan fingerprint density at radius 1 is 1.53 bits per heavy atom. The third kappa shape index (κ3) is 4.03. The van der Waals surface area contributed by atoms with Crippen LogP contribution in [0.4, 0.5) is 4.39 Å². The van der Waals surface area contributed by atoms with Crippen LogP contribution in [0.25, 0.3) is 0 Å². The Bertz CT molecular complexity index is 396. The SMILES string of the molecule is CCN(C)CCNC(=O)c1ccc(O)cc1F. The zero-order valence-electron chi connectivity index (χ0n) is 10.0. The number of phenolic OH excluding ortho intramolecular Hbond substituents is 1. The van der Waals surface area contributed by atoms with E-state index in [2.05, 4.69) is 5.32 Å². The number of benzene rings is 1. The van der Waals surface area contributed by atoms with Crippen LogP contribution in [0.5, 0.6) is 5.75 Å². The minimum absolute atomic E-state index is 0.0537. The van der Waals surface area contributed by atoms with Crippen LogP contribution in [-0.4, -0.2) is 42.6 Å². The van der Waals surface area contributed by atoms with Gasteiger partial charge in [0.05, 0.1) is 5.56 Å². The number of carbonyl (C=O) groups is 1.